The van der Waals surface area contributed by atoms with Crippen LogP contribution >= 0.6 is 0 Å². The molecule has 84 valence electrons. The van der Waals surface area contributed by atoms with E-state index in [0.29, 0.717) is 18.9 Å². The molecule has 0 radical (unpaired) electrons. The Morgan fingerprint density at radius 1 is 1.50 bits per heavy atom. The molecule has 0 aromatic heterocycles. The van der Waals surface area contributed by atoms with Crippen LogP contribution in [0.4, 0.5) is 0 Å². The van der Waals surface area contributed by atoms with Crippen molar-refractivity contribution in [1.82, 2.24) is 0 Å². The second kappa shape index (κ2) is 6.79. The summed E-state index contributed by atoms with van der Waals surface area (Å²) in [6.07, 6.45) is -0.0982. The van der Waals surface area contributed by atoms with Crippen LogP contribution in [0.15, 0.2) is 0 Å². The van der Waals surface area contributed by atoms with Crippen molar-refractivity contribution in [2.45, 2.75) is 45.8 Å². The Morgan fingerprint density at radius 3 is 2.50 bits per heavy atom. The van der Waals surface area contributed by atoms with Gasteiger partial charge >= 0.3 is 5.97 Å². The van der Waals surface area contributed by atoms with Crippen LogP contribution in [0, 0.1) is 5.92 Å². The van der Waals surface area contributed by atoms with Crippen molar-refractivity contribution in [3.8, 4) is 0 Å². The van der Waals surface area contributed by atoms with E-state index in [0.717, 1.165) is 0 Å². The fraction of sp³-hybridized carbons (Fsp3) is 0.900. The summed E-state index contributed by atoms with van der Waals surface area (Å²) in [6.45, 7) is 6.12. The van der Waals surface area contributed by atoms with Crippen molar-refractivity contribution in [2.75, 3.05) is 6.61 Å². The van der Waals surface area contributed by atoms with Gasteiger partial charge < -0.3 is 15.6 Å². The molecule has 4 nitrogen and oxygen atoms in total. The van der Waals surface area contributed by atoms with Crippen molar-refractivity contribution >= 4 is 5.97 Å². The van der Waals surface area contributed by atoms with E-state index in [1.165, 1.54) is 0 Å². The molecule has 0 heterocycles. The van der Waals surface area contributed by atoms with Crippen LogP contribution in [0.25, 0.3) is 0 Å². The molecule has 0 spiro atoms. The minimum atomic E-state index is -0.795. The quantitative estimate of drug-likeness (QED) is 0.622. The third-order valence-electron chi connectivity index (χ3n) is 1.92. The lowest BCUT2D eigenvalue weighted by Gasteiger charge is -2.19. The number of rotatable bonds is 6. The standard InChI is InChI=1S/C10H21NO3/c1-4-14-10(13)6-9(12)8(11)5-7(2)3/h7-9,12H,4-6,11H2,1-3H3. The van der Waals surface area contributed by atoms with Gasteiger partial charge in [-0.05, 0) is 19.3 Å². The number of ether oxygens (including phenoxy) is 1. The summed E-state index contributed by atoms with van der Waals surface area (Å²) in [7, 11) is 0. The average Bonchev–Trinajstić information content (AvgIpc) is 2.02. The minimum Gasteiger partial charge on any atom is -0.466 e. The maximum absolute atomic E-state index is 11.0. The van der Waals surface area contributed by atoms with Crippen LogP contribution in [-0.2, 0) is 9.53 Å². The van der Waals surface area contributed by atoms with Gasteiger partial charge in [-0.2, -0.15) is 0 Å². The van der Waals surface area contributed by atoms with E-state index in [1.54, 1.807) is 6.92 Å². The first-order valence-corrected chi connectivity index (χ1v) is 5.06. The van der Waals surface area contributed by atoms with E-state index in [-0.39, 0.29) is 18.4 Å². The summed E-state index contributed by atoms with van der Waals surface area (Å²) >= 11 is 0. The normalized spacial score (nSPS) is 15.3. The van der Waals surface area contributed by atoms with E-state index < -0.39 is 6.10 Å². The molecular formula is C10H21NO3. The minimum absolute atomic E-state index is 0.0122. The van der Waals surface area contributed by atoms with Crippen LogP contribution in [0.3, 0.4) is 0 Å². The first-order chi connectivity index (χ1) is 6.47. The highest BCUT2D eigenvalue weighted by Gasteiger charge is 2.19. The van der Waals surface area contributed by atoms with Crippen molar-refractivity contribution in [3.63, 3.8) is 0 Å². The molecule has 0 aliphatic carbocycles. The van der Waals surface area contributed by atoms with Gasteiger partial charge in [0.05, 0.1) is 19.1 Å². The van der Waals surface area contributed by atoms with E-state index in [4.69, 9.17) is 10.5 Å². The molecule has 0 aromatic carbocycles. The highest BCUT2D eigenvalue weighted by atomic mass is 16.5. The molecule has 0 aliphatic heterocycles. The lowest BCUT2D eigenvalue weighted by Crippen LogP contribution is -2.37. The summed E-state index contributed by atoms with van der Waals surface area (Å²) in [5.41, 5.74) is 5.70. The van der Waals surface area contributed by atoms with Gasteiger partial charge in [0.1, 0.15) is 0 Å². The van der Waals surface area contributed by atoms with Crippen molar-refractivity contribution in [2.24, 2.45) is 11.7 Å². The number of aliphatic hydroxyl groups excluding tert-OH is 1. The molecule has 0 bridgehead atoms. The first kappa shape index (κ1) is 13.4. The summed E-state index contributed by atoms with van der Waals surface area (Å²) < 4.78 is 4.71. The number of hydrogen-bond donors (Lipinski definition) is 2. The third kappa shape index (κ3) is 5.94. The van der Waals surface area contributed by atoms with Gasteiger partial charge in [-0.25, -0.2) is 0 Å². The zero-order chi connectivity index (χ0) is 11.1. The van der Waals surface area contributed by atoms with Crippen molar-refractivity contribution < 1.29 is 14.6 Å². The van der Waals surface area contributed by atoms with E-state index >= 15 is 0 Å². The highest BCUT2D eigenvalue weighted by Crippen LogP contribution is 2.08. The molecule has 3 N–H and O–H groups in total. The van der Waals surface area contributed by atoms with E-state index in [2.05, 4.69) is 0 Å². The summed E-state index contributed by atoms with van der Waals surface area (Å²) in [5, 5.41) is 9.54. The smallest absolute Gasteiger partial charge is 0.308 e. The number of carbonyl (C=O) groups excluding carboxylic acids is 1. The molecule has 0 aliphatic rings. The number of aliphatic hydroxyl groups is 1. The van der Waals surface area contributed by atoms with E-state index in [1.807, 2.05) is 13.8 Å². The molecule has 2 atom stereocenters. The SMILES string of the molecule is CCOC(=O)CC(O)C(N)CC(C)C. The summed E-state index contributed by atoms with van der Waals surface area (Å²) in [5.74, 6) is 0.0288. The topological polar surface area (TPSA) is 72.5 Å². The second-order valence-corrected chi connectivity index (χ2v) is 3.87. The van der Waals surface area contributed by atoms with E-state index in [9.17, 15) is 9.90 Å². The van der Waals surface area contributed by atoms with Crippen LogP contribution in [0.1, 0.15) is 33.6 Å². The summed E-state index contributed by atoms with van der Waals surface area (Å²) in [4.78, 5) is 11.0. The second-order valence-electron chi connectivity index (χ2n) is 3.87. The predicted octanol–water partition coefficient (Wildman–Crippen LogP) is 0.674. The molecule has 0 rings (SSSR count). The predicted molar refractivity (Wildman–Crippen MR) is 54.7 cm³/mol. The van der Waals surface area contributed by atoms with Gasteiger partial charge in [-0.1, -0.05) is 13.8 Å². The van der Waals surface area contributed by atoms with Gasteiger partial charge in [-0.15, -0.1) is 0 Å². The average molecular weight is 203 g/mol. The molecule has 0 fully saturated rings. The fourth-order valence-corrected chi connectivity index (χ4v) is 1.24. The Morgan fingerprint density at radius 2 is 2.07 bits per heavy atom. The monoisotopic (exact) mass is 203 g/mol. The zero-order valence-electron chi connectivity index (χ0n) is 9.19. The maximum Gasteiger partial charge on any atom is 0.308 e. The Kier molecular flexibility index (Phi) is 6.49. The molecule has 2 unspecified atom stereocenters. The summed E-state index contributed by atoms with van der Waals surface area (Å²) in [6, 6.07) is -0.348. The van der Waals surface area contributed by atoms with Gasteiger partial charge in [0.2, 0.25) is 0 Å². The Hall–Kier alpha value is -0.610. The van der Waals surface area contributed by atoms with Gasteiger partial charge in [0.15, 0.2) is 0 Å². The zero-order valence-corrected chi connectivity index (χ0v) is 9.19. The number of nitrogens with two attached hydrogens (primary N) is 1. The Labute approximate surface area is 85.4 Å². The fourth-order valence-electron chi connectivity index (χ4n) is 1.24. The number of hydrogen-bond acceptors (Lipinski definition) is 4. The van der Waals surface area contributed by atoms with Gasteiger partial charge in [-0.3, -0.25) is 4.79 Å². The van der Waals surface area contributed by atoms with Crippen molar-refractivity contribution in [3.05, 3.63) is 0 Å². The largest absolute Gasteiger partial charge is 0.466 e. The lowest BCUT2D eigenvalue weighted by atomic mass is 9.98. The van der Waals surface area contributed by atoms with Crippen LogP contribution < -0.4 is 5.73 Å². The highest BCUT2D eigenvalue weighted by molar-refractivity contribution is 5.70. The maximum atomic E-state index is 11.0. The molecule has 0 saturated heterocycles. The van der Waals surface area contributed by atoms with Crippen LogP contribution in [0.5, 0.6) is 0 Å². The van der Waals surface area contributed by atoms with Gasteiger partial charge in [0.25, 0.3) is 0 Å². The lowest BCUT2D eigenvalue weighted by molar-refractivity contribution is -0.145. The molecule has 0 saturated carbocycles. The van der Waals surface area contributed by atoms with Crippen LogP contribution in [0.2, 0.25) is 0 Å². The van der Waals surface area contributed by atoms with Gasteiger partial charge in [0, 0.05) is 6.04 Å². The van der Waals surface area contributed by atoms with Crippen LogP contribution in [-0.4, -0.2) is 29.8 Å². The first-order valence-electron chi connectivity index (χ1n) is 5.06. The molecule has 0 amide bonds. The molecule has 0 aromatic rings. The Balaban J connectivity index is 3.82. The number of carbonyl (C=O) groups is 1. The molecule has 4 heteroatoms. The van der Waals surface area contributed by atoms with Crippen molar-refractivity contribution in [1.29, 1.82) is 0 Å². The molecular weight excluding hydrogens is 182 g/mol. The third-order valence-corrected chi connectivity index (χ3v) is 1.92. The Bertz CT molecular complexity index is 171. The number of esters is 1. The molecule has 14 heavy (non-hydrogen) atoms.